The zero-order chi connectivity index (χ0) is 85.6. The van der Waals surface area contributed by atoms with Crippen molar-refractivity contribution in [3.05, 3.63) is 150 Å². The summed E-state index contributed by atoms with van der Waals surface area (Å²) < 4.78 is 89.3. The number of rotatable bonds is 20. The summed E-state index contributed by atoms with van der Waals surface area (Å²) in [6.07, 6.45) is -3.99. The lowest BCUT2D eigenvalue weighted by molar-refractivity contribution is -0.144. The minimum atomic E-state index is -1.07. The van der Waals surface area contributed by atoms with Crippen molar-refractivity contribution in [2.45, 2.75) is 239 Å². The van der Waals surface area contributed by atoms with Gasteiger partial charge in [0, 0.05) is 6.07 Å². The molecule has 614 valence electrons. The van der Waals surface area contributed by atoms with Crippen molar-refractivity contribution >= 4 is 66.8 Å². The predicted molar refractivity (Wildman–Crippen MR) is 413 cm³/mol. The van der Waals surface area contributed by atoms with Crippen LogP contribution in [0.4, 0.5) is 28.8 Å². The van der Waals surface area contributed by atoms with E-state index in [1.165, 1.54) is 103 Å². The van der Waals surface area contributed by atoms with Crippen molar-refractivity contribution in [1.29, 1.82) is 0 Å². The second-order valence-electron chi connectivity index (χ2n) is 32.6. The molecule has 0 bridgehead atoms. The van der Waals surface area contributed by atoms with Gasteiger partial charge in [0.05, 0.1) is 27.5 Å². The van der Waals surface area contributed by atoms with Crippen LogP contribution >= 0.6 is 0 Å². The van der Waals surface area contributed by atoms with Crippen molar-refractivity contribution in [2.75, 3.05) is 0 Å². The second-order valence-corrected chi connectivity index (χ2v) is 32.6. The third-order valence-corrected chi connectivity index (χ3v) is 14.7. The Morgan fingerprint density at radius 2 is 0.478 bits per heavy atom. The van der Waals surface area contributed by atoms with Gasteiger partial charge >= 0.3 is 66.8 Å². The monoisotopic (exact) mass is 1570 g/mol. The Labute approximate surface area is 659 Å². The minimum Gasteiger partial charge on any atom is -0.428 e. The standard InChI is InChI=1S/2C29H36O10.C27H34O8/c1-10-29(8,9)24(31)35-20-14-12-19(13-15-20)34-23(30)18-11-16-21(36-25(32)38-27(2,3)4)22(17-18)37-26(33)39-28(5,6)7;1-10-29(8,9)24(31)35-19-13-11-18(12-14-19)23(30)34-20-15-16-21(36-25(32)38-27(2,3)4)22(17-20)37-26(33)39-28(5,6)7;1-9-17(2)18-10-13-20(14-11-18)31-23(28)19-12-15-21(32-24(29)34-26(3,4)5)22(16-19)33-25(30)35-27(6,7)8/h2*11-17H,10H2,1-9H3;10-17H,9H2,1-8H3. The largest absolute Gasteiger partial charge is 0.514 e. The molecule has 0 aliphatic carbocycles. The molecule has 0 saturated carbocycles. The van der Waals surface area contributed by atoms with Crippen molar-refractivity contribution in [1.82, 2.24) is 0 Å². The fourth-order valence-corrected chi connectivity index (χ4v) is 8.09. The van der Waals surface area contributed by atoms with Crippen LogP contribution in [0.1, 0.15) is 242 Å². The predicted octanol–water partition coefficient (Wildman–Crippen LogP) is 20.8. The highest BCUT2D eigenvalue weighted by Crippen LogP contribution is 2.37. The summed E-state index contributed by atoms with van der Waals surface area (Å²) in [5, 5.41) is 0. The molecule has 0 saturated heterocycles. The van der Waals surface area contributed by atoms with E-state index in [1.807, 2.05) is 26.0 Å². The van der Waals surface area contributed by atoms with Crippen LogP contribution < -0.4 is 52.1 Å². The number of benzene rings is 6. The lowest BCUT2D eigenvalue weighted by Gasteiger charge is -2.21. The Hall–Kier alpha value is -11.7. The number of ether oxygens (including phenoxy) is 17. The summed E-state index contributed by atoms with van der Waals surface area (Å²) in [5.41, 5.74) is -4.86. The van der Waals surface area contributed by atoms with Crippen molar-refractivity contribution in [3.63, 3.8) is 0 Å². The molecule has 6 rings (SSSR count). The molecule has 0 aliphatic rings. The zero-order valence-corrected chi connectivity index (χ0v) is 69.3. The average molecular weight is 1580 g/mol. The molecule has 6 aromatic rings. The number of esters is 5. The smallest absolute Gasteiger partial charge is 0.428 e. The van der Waals surface area contributed by atoms with Crippen LogP contribution in [-0.4, -0.2) is 100 Å². The lowest BCUT2D eigenvalue weighted by Crippen LogP contribution is -2.28. The number of hydrogen-bond donors (Lipinski definition) is 0. The molecular formula is C85H106O28. The van der Waals surface area contributed by atoms with E-state index in [4.69, 9.17) is 80.5 Å². The van der Waals surface area contributed by atoms with E-state index in [0.717, 1.165) is 12.0 Å². The molecule has 0 fully saturated rings. The highest BCUT2D eigenvalue weighted by molar-refractivity contribution is 5.94. The van der Waals surface area contributed by atoms with Crippen LogP contribution in [0.3, 0.4) is 0 Å². The fourth-order valence-electron chi connectivity index (χ4n) is 8.09. The maximum absolute atomic E-state index is 12.8. The molecule has 113 heavy (non-hydrogen) atoms. The molecule has 0 aliphatic heterocycles. The van der Waals surface area contributed by atoms with Gasteiger partial charge in [-0.05, 0) is 292 Å². The molecular weight excluding hydrogens is 1470 g/mol. The highest BCUT2D eigenvalue weighted by atomic mass is 16.8. The average Bonchev–Trinajstić information content (AvgIpc) is 0.827. The van der Waals surface area contributed by atoms with E-state index in [-0.39, 0.29) is 80.4 Å². The molecule has 28 nitrogen and oxygen atoms in total. The summed E-state index contributed by atoms with van der Waals surface area (Å²) in [7, 11) is 0. The van der Waals surface area contributed by atoms with E-state index in [9.17, 15) is 52.7 Å². The number of carbonyl (C=O) groups is 11. The Bertz CT molecular complexity index is 4310. The first-order chi connectivity index (χ1) is 51.9. The molecule has 6 aromatic carbocycles. The van der Waals surface area contributed by atoms with Gasteiger partial charge in [-0.1, -0.05) is 39.8 Å². The van der Waals surface area contributed by atoms with Gasteiger partial charge in [-0.2, -0.15) is 0 Å². The Balaban J connectivity index is 0.000000358. The Kier molecular flexibility index (Phi) is 32.7. The van der Waals surface area contributed by atoms with E-state index in [2.05, 4.69) is 13.8 Å². The van der Waals surface area contributed by atoms with Crippen molar-refractivity contribution in [3.8, 4) is 63.2 Å². The third kappa shape index (κ3) is 34.6. The fraction of sp³-hybridized carbons (Fsp3) is 0.447. The van der Waals surface area contributed by atoms with Gasteiger partial charge in [-0.25, -0.2) is 43.2 Å². The molecule has 0 amide bonds. The quantitative estimate of drug-likeness (QED) is 0.0296. The molecule has 0 heterocycles. The van der Waals surface area contributed by atoms with Gasteiger partial charge in [0.2, 0.25) is 0 Å². The van der Waals surface area contributed by atoms with Crippen LogP contribution in [0, 0.1) is 10.8 Å². The Morgan fingerprint density at radius 1 is 0.257 bits per heavy atom. The highest BCUT2D eigenvalue weighted by Gasteiger charge is 2.32. The first kappa shape index (κ1) is 93.7. The second kappa shape index (κ2) is 39.5. The van der Waals surface area contributed by atoms with Crippen molar-refractivity contribution < 1.29 is 133 Å². The van der Waals surface area contributed by atoms with E-state index in [1.54, 1.807) is 164 Å². The summed E-state index contributed by atoms with van der Waals surface area (Å²) in [6.45, 7) is 45.1. The summed E-state index contributed by atoms with van der Waals surface area (Å²) in [4.78, 5) is 136. The third-order valence-electron chi connectivity index (χ3n) is 14.7. The normalized spacial score (nSPS) is 11.9. The molecule has 1 atom stereocenters. The van der Waals surface area contributed by atoms with E-state index < -0.39 is 99.3 Å². The maximum Gasteiger partial charge on any atom is 0.514 e. The van der Waals surface area contributed by atoms with Gasteiger partial charge in [-0.3, -0.25) is 9.59 Å². The van der Waals surface area contributed by atoms with Crippen LogP contribution in [0.2, 0.25) is 0 Å². The topological polar surface area (TPSA) is 345 Å². The number of carbonyl (C=O) groups excluding carboxylic acids is 11. The molecule has 0 spiro atoms. The van der Waals surface area contributed by atoms with Crippen LogP contribution in [0.5, 0.6) is 63.2 Å². The first-order valence-corrected chi connectivity index (χ1v) is 36.2. The zero-order valence-electron chi connectivity index (χ0n) is 69.3. The maximum atomic E-state index is 12.8. The van der Waals surface area contributed by atoms with Crippen molar-refractivity contribution in [2.24, 2.45) is 10.8 Å². The van der Waals surface area contributed by atoms with Crippen LogP contribution in [0.15, 0.2) is 127 Å². The van der Waals surface area contributed by atoms with Gasteiger partial charge in [0.1, 0.15) is 62.4 Å². The lowest BCUT2D eigenvalue weighted by atomic mass is 9.91. The molecule has 28 heteroatoms. The summed E-state index contributed by atoms with van der Waals surface area (Å²) in [6, 6.07) is 30.6. The van der Waals surface area contributed by atoms with Crippen LogP contribution in [0.25, 0.3) is 0 Å². The SMILES string of the molecule is CCC(C)(C)C(=O)Oc1ccc(C(=O)Oc2ccc(OC(=O)OC(C)(C)C)c(OC(=O)OC(C)(C)C)c2)cc1.CCC(C)(C)C(=O)Oc1ccc(OC(=O)c2ccc(OC(=O)OC(C)(C)C)c(OC(=O)OC(C)(C)C)c2)cc1.CCC(C)c1ccc(OC(=O)c2ccc(OC(=O)OC(C)(C)C)c(OC(=O)OC(C)(C)C)c2)cc1. The minimum absolute atomic E-state index is 0.00435. The van der Waals surface area contributed by atoms with E-state index >= 15 is 0 Å². The first-order valence-electron chi connectivity index (χ1n) is 36.2. The molecule has 0 aromatic heterocycles. The molecule has 0 N–H and O–H groups in total. The van der Waals surface area contributed by atoms with Gasteiger partial charge in [-0.15, -0.1) is 0 Å². The van der Waals surface area contributed by atoms with Crippen LogP contribution in [-0.2, 0) is 38.0 Å². The van der Waals surface area contributed by atoms with Gasteiger partial charge < -0.3 is 80.5 Å². The summed E-state index contributed by atoms with van der Waals surface area (Å²) in [5.74, 6) is -2.58. The van der Waals surface area contributed by atoms with Gasteiger partial charge in [0.25, 0.3) is 0 Å². The van der Waals surface area contributed by atoms with Gasteiger partial charge in [0.15, 0.2) is 34.5 Å². The van der Waals surface area contributed by atoms with E-state index in [0.29, 0.717) is 30.3 Å². The summed E-state index contributed by atoms with van der Waals surface area (Å²) >= 11 is 0. The molecule has 1 unspecified atom stereocenters. The Morgan fingerprint density at radius 3 is 0.761 bits per heavy atom. The molecule has 0 radical (unpaired) electrons. The number of hydrogen-bond acceptors (Lipinski definition) is 28.